The molecule has 1 N–H and O–H groups in total. The number of halogens is 2. The highest BCUT2D eigenvalue weighted by atomic mass is 79.9. The predicted molar refractivity (Wildman–Crippen MR) is 81.7 cm³/mol. The molecule has 0 fully saturated rings. The number of carbonyl (C=O) groups is 1. The summed E-state index contributed by atoms with van der Waals surface area (Å²) in [6.45, 7) is 0.428. The van der Waals surface area contributed by atoms with Gasteiger partial charge in [-0.1, -0.05) is 57.9 Å². The van der Waals surface area contributed by atoms with Gasteiger partial charge in [-0.15, -0.1) is 0 Å². The Balaban J connectivity index is 2.03. The second-order valence-corrected chi connectivity index (χ2v) is 5.08. The van der Waals surface area contributed by atoms with Crippen molar-refractivity contribution >= 4 is 33.4 Å². The molecule has 0 saturated heterocycles. The molecule has 2 nitrogen and oxygen atoms in total. The maximum absolute atomic E-state index is 12.0. The minimum Gasteiger partial charge on any atom is -0.348 e. The first-order valence-corrected chi connectivity index (χ1v) is 7.37. The third kappa shape index (κ3) is 3.82. The van der Waals surface area contributed by atoms with E-state index in [0.717, 1.165) is 16.5 Å². The van der Waals surface area contributed by atoms with E-state index in [4.69, 9.17) is 11.6 Å². The number of amides is 1. The summed E-state index contributed by atoms with van der Waals surface area (Å²) in [5, 5.41) is 4.27. The van der Waals surface area contributed by atoms with E-state index in [2.05, 4.69) is 21.2 Å². The number of hydrogen-bond acceptors (Lipinski definition) is 1. The average molecular weight is 339 g/mol. The molecule has 2 aromatic carbocycles. The summed E-state index contributed by atoms with van der Waals surface area (Å²) in [6.07, 6.45) is 0. The normalized spacial score (nSPS) is 10.2. The lowest BCUT2D eigenvalue weighted by molar-refractivity contribution is 0.0951. The van der Waals surface area contributed by atoms with Gasteiger partial charge in [-0.3, -0.25) is 4.79 Å². The lowest BCUT2D eigenvalue weighted by Gasteiger charge is -2.07. The molecular weight excluding hydrogens is 326 g/mol. The Kier molecular flexibility index (Phi) is 5.00. The van der Waals surface area contributed by atoms with E-state index in [1.165, 1.54) is 0 Å². The SMILES string of the molecule is O=C(NCc1ccccc1Cl)c1cccc(CBr)c1. The van der Waals surface area contributed by atoms with Crippen LogP contribution in [0.15, 0.2) is 48.5 Å². The Hall–Kier alpha value is -1.32. The number of carbonyl (C=O) groups excluding carboxylic acids is 1. The zero-order valence-electron chi connectivity index (χ0n) is 10.2. The van der Waals surface area contributed by atoms with Crippen LogP contribution in [-0.2, 0) is 11.9 Å². The molecule has 0 aliphatic heterocycles. The molecule has 0 atom stereocenters. The fraction of sp³-hybridized carbons (Fsp3) is 0.133. The minimum absolute atomic E-state index is 0.0947. The third-order valence-corrected chi connectivity index (χ3v) is 3.76. The molecule has 2 aromatic rings. The van der Waals surface area contributed by atoms with Crippen LogP contribution < -0.4 is 5.32 Å². The van der Waals surface area contributed by atoms with Crippen molar-refractivity contribution in [1.29, 1.82) is 0 Å². The first-order chi connectivity index (χ1) is 9.20. The largest absolute Gasteiger partial charge is 0.348 e. The van der Waals surface area contributed by atoms with Gasteiger partial charge < -0.3 is 5.32 Å². The van der Waals surface area contributed by atoms with E-state index in [9.17, 15) is 4.79 Å². The van der Waals surface area contributed by atoms with Crippen molar-refractivity contribution in [3.8, 4) is 0 Å². The zero-order valence-corrected chi connectivity index (χ0v) is 12.5. The van der Waals surface area contributed by atoms with Crippen molar-refractivity contribution in [1.82, 2.24) is 5.32 Å². The van der Waals surface area contributed by atoms with Crippen LogP contribution in [-0.4, -0.2) is 5.91 Å². The summed E-state index contributed by atoms with van der Waals surface area (Å²) < 4.78 is 0. The van der Waals surface area contributed by atoms with E-state index in [1.807, 2.05) is 42.5 Å². The molecule has 2 rings (SSSR count). The van der Waals surface area contributed by atoms with E-state index in [-0.39, 0.29) is 5.91 Å². The van der Waals surface area contributed by atoms with Crippen LogP contribution in [0.3, 0.4) is 0 Å². The molecule has 19 heavy (non-hydrogen) atoms. The molecule has 0 saturated carbocycles. The predicted octanol–water partition coefficient (Wildman–Crippen LogP) is 4.16. The van der Waals surface area contributed by atoms with Crippen LogP contribution in [0.1, 0.15) is 21.5 Å². The Morgan fingerprint density at radius 2 is 1.95 bits per heavy atom. The minimum atomic E-state index is -0.0947. The molecule has 98 valence electrons. The first kappa shape index (κ1) is 14.1. The molecule has 0 heterocycles. The number of hydrogen-bond donors (Lipinski definition) is 1. The smallest absolute Gasteiger partial charge is 0.251 e. The van der Waals surface area contributed by atoms with Crippen LogP contribution in [0.25, 0.3) is 0 Å². The molecular formula is C15H13BrClNO. The van der Waals surface area contributed by atoms with Gasteiger partial charge in [0.1, 0.15) is 0 Å². The Morgan fingerprint density at radius 1 is 1.16 bits per heavy atom. The van der Waals surface area contributed by atoms with Crippen LogP contribution in [0, 0.1) is 0 Å². The van der Waals surface area contributed by atoms with E-state index in [1.54, 1.807) is 6.07 Å². The molecule has 0 aromatic heterocycles. The van der Waals surface area contributed by atoms with Gasteiger partial charge in [0, 0.05) is 22.5 Å². The topological polar surface area (TPSA) is 29.1 Å². The Bertz CT molecular complexity index is 586. The molecule has 4 heteroatoms. The molecule has 0 aliphatic carbocycles. The summed E-state index contributed by atoms with van der Waals surface area (Å²) >= 11 is 9.42. The highest BCUT2D eigenvalue weighted by molar-refractivity contribution is 9.08. The van der Waals surface area contributed by atoms with Gasteiger partial charge in [-0.2, -0.15) is 0 Å². The Morgan fingerprint density at radius 3 is 2.68 bits per heavy atom. The van der Waals surface area contributed by atoms with Crippen LogP contribution in [0.2, 0.25) is 5.02 Å². The van der Waals surface area contributed by atoms with Gasteiger partial charge in [-0.05, 0) is 29.3 Å². The molecule has 0 unspecified atom stereocenters. The standard InChI is InChI=1S/C15H13BrClNO/c16-9-11-4-3-6-12(8-11)15(19)18-10-13-5-1-2-7-14(13)17/h1-8H,9-10H2,(H,18,19). The van der Waals surface area contributed by atoms with Crippen molar-refractivity contribution in [2.75, 3.05) is 0 Å². The molecule has 0 radical (unpaired) electrons. The van der Waals surface area contributed by atoms with Gasteiger partial charge in [0.15, 0.2) is 0 Å². The summed E-state index contributed by atoms with van der Waals surface area (Å²) in [5.41, 5.74) is 2.64. The zero-order chi connectivity index (χ0) is 13.7. The molecule has 1 amide bonds. The molecule has 0 aliphatic rings. The summed E-state index contributed by atoms with van der Waals surface area (Å²) in [4.78, 5) is 12.0. The molecule has 0 spiro atoms. The number of alkyl halides is 1. The second-order valence-electron chi connectivity index (χ2n) is 4.11. The van der Waals surface area contributed by atoms with Gasteiger partial charge in [0.05, 0.1) is 0 Å². The third-order valence-electron chi connectivity index (χ3n) is 2.74. The van der Waals surface area contributed by atoms with Gasteiger partial charge in [0.2, 0.25) is 0 Å². The highest BCUT2D eigenvalue weighted by Gasteiger charge is 2.06. The van der Waals surface area contributed by atoms with E-state index < -0.39 is 0 Å². The first-order valence-electron chi connectivity index (χ1n) is 5.87. The fourth-order valence-electron chi connectivity index (χ4n) is 1.72. The number of nitrogens with one attached hydrogen (secondary N) is 1. The summed E-state index contributed by atoms with van der Waals surface area (Å²) in [5.74, 6) is -0.0947. The highest BCUT2D eigenvalue weighted by Crippen LogP contribution is 2.15. The summed E-state index contributed by atoms with van der Waals surface area (Å²) in [6, 6.07) is 15.0. The number of benzene rings is 2. The van der Waals surface area contributed by atoms with Crippen LogP contribution >= 0.6 is 27.5 Å². The summed E-state index contributed by atoms with van der Waals surface area (Å²) in [7, 11) is 0. The van der Waals surface area contributed by atoms with Crippen LogP contribution in [0.4, 0.5) is 0 Å². The van der Waals surface area contributed by atoms with Crippen molar-refractivity contribution < 1.29 is 4.79 Å². The lowest BCUT2D eigenvalue weighted by atomic mass is 10.1. The Labute approximate surface area is 125 Å². The molecule has 0 bridgehead atoms. The van der Waals surface area contributed by atoms with Gasteiger partial charge in [0.25, 0.3) is 5.91 Å². The van der Waals surface area contributed by atoms with E-state index in [0.29, 0.717) is 17.1 Å². The average Bonchev–Trinajstić information content (AvgIpc) is 2.46. The van der Waals surface area contributed by atoms with Crippen molar-refractivity contribution in [3.63, 3.8) is 0 Å². The van der Waals surface area contributed by atoms with E-state index >= 15 is 0 Å². The van der Waals surface area contributed by atoms with Gasteiger partial charge >= 0.3 is 0 Å². The fourth-order valence-corrected chi connectivity index (χ4v) is 2.27. The lowest BCUT2D eigenvalue weighted by Crippen LogP contribution is -2.23. The second kappa shape index (κ2) is 6.73. The van der Waals surface area contributed by atoms with Crippen molar-refractivity contribution in [3.05, 3.63) is 70.2 Å². The quantitative estimate of drug-likeness (QED) is 0.833. The van der Waals surface area contributed by atoms with Crippen LogP contribution in [0.5, 0.6) is 0 Å². The maximum atomic E-state index is 12.0. The van der Waals surface area contributed by atoms with Crippen molar-refractivity contribution in [2.24, 2.45) is 0 Å². The number of rotatable bonds is 4. The maximum Gasteiger partial charge on any atom is 0.251 e. The van der Waals surface area contributed by atoms with Crippen molar-refractivity contribution in [2.45, 2.75) is 11.9 Å². The van der Waals surface area contributed by atoms with Gasteiger partial charge in [-0.25, -0.2) is 0 Å². The monoisotopic (exact) mass is 337 g/mol.